The van der Waals surface area contributed by atoms with Crippen LogP contribution in [0.3, 0.4) is 0 Å². The number of para-hydroxylation sites is 1. The first kappa shape index (κ1) is 18.1. The summed E-state index contributed by atoms with van der Waals surface area (Å²) < 4.78 is 64.3. The Labute approximate surface area is 156 Å². The van der Waals surface area contributed by atoms with Crippen molar-refractivity contribution in [3.63, 3.8) is 0 Å². The molecule has 0 atom stereocenters. The third-order valence-electron chi connectivity index (χ3n) is 4.03. The third kappa shape index (κ3) is 3.48. The number of hydrogen-bond donors (Lipinski definition) is 0. The van der Waals surface area contributed by atoms with E-state index in [-0.39, 0.29) is 28.0 Å². The third-order valence-corrected chi connectivity index (χ3v) is 6.07. The number of benzene rings is 1. The van der Waals surface area contributed by atoms with Crippen molar-refractivity contribution in [2.45, 2.75) is 29.8 Å². The highest BCUT2D eigenvalue weighted by Gasteiger charge is 2.36. The van der Waals surface area contributed by atoms with Crippen LogP contribution in [0.25, 0.3) is 17.2 Å². The highest BCUT2D eigenvalue weighted by atomic mass is 32.2. The average molecular weight is 414 g/mol. The second-order valence-electron chi connectivity index (χ2n) is 6.26. The van der Waals surface area contributed by atoms with Crippen LogP contribution < -0.4 is 0 Å². The molecule has 27 heavy (non-hydrogen) atoms. The van der Waals surface area contributed by atoms with E-state index >= 15 is 0 Å². The van der Waals surface area contributed by atoms with Crippen molar-refractivity contribution in [2.75, 3.05) is 6.26 Å². The zero-order valence-corrected chi connectivity index (χ0v) is 15.6. The van der Waals surface area contributed by atoms with Crippen molar-refractivity contribution in [3.05, 3.63) is 40.5 Å². The molecule has 2 aromatic heterocycles. The molecule has 1 fully saturated rings. The van der Waals surface area contributed by atoms with Crippen LogP contribution in [-0.4, -0.2) is 34.4 Å². The second kappa shape index (κ2) is 6.13. The lowest BCUT2D eigenvalue weighted by atomic mass is 10.3. The molecule has 0 bridgehead atoms. The molecule has 3 aromatic rings. The fourth-order valence-corrected chi connectivity index (χ4v) is 4.15. The Balaban J connectivity index is 1.91. The number of nitrogens with zero attached hydrogens (tertiary/aromatic N) is 4. The quantitative estimate of drug-likeness (QED) is 0.651. The number of halogens is 3. The number of alkyl halides is 3. The van der Waals surface area contributed by atoms with E-state index in [0.29, 0.717) is 17.2 Å². The van der Waals surface area contributed by atoms with E-state index in [2.05, 4.69) is 15.1 Å². The van der Waals surface area contributed by atoms with Gasteiger partial charge in [-0.3, -0.25) is 0 Å². The van der Waals surface area contributed by atoms with Crippen LogP contribution in [-0.2, 0) is 16.0 Å². The molecule has 2 heterocycles. The van der Waals surface area contributed by atoms with Gasteiger partial charge in [-0.15, -0.1) is 11.3 Å². The van der Waals surface area contributed by atoms with Gasteiger partial charge in [0, 0.05) is 17.6 Å². The van der Waals surface area contributed by atoms with Gasteiger partial charge in [0.1, 0.15) is 5.69 Å². The normalized spacial score (nSPS) is 15.3. The van der Waals surface area contributed by atoms with Crippen LogP contribution in [0.4, 0.5) is 13.2 Å². The second-order valence-corrected chi connectivity index (χ2v) is 9.10. The molecule has 0 unspecified atom stereocenters. The summed E-state index contributed by atoms with van der Waals surface area (Å²) in [6.07, 6.45) is -1.71. The van der Waals surface area contributed by atoms with E-state index in [0.717, 1.165) is 19.1 Å². The Morgan fingerprint density at radius 3 is 2.48 bits per heavy atom. The number of hydrogen-bond acceptors (Lipinski definition) is 6. The molecule has 0 saturated heterocycles. The van der Waals surface area contributed by atoms with Crippen LogP contribution in [0.15, 0.2) is 34.5 Å². The summed E-state index contributed by atoms with van der Waals surface area (Å²) >= 11 is 0.463. The van der Waals surface area contributed by atoms with Crippen LogP contribution in [0, 0.1) is 0 Å². The monoisotopic (exact) mass is 414 g/mol. The molecule has 6 nitrogen and oxygen atoms in total. The van der Waals surface area contributed by atoms with Gasteiger partial charge in [-0.05, 0) is 25.0 Å². The summed E-state index contributed by atoms with van der Waals surface area (Å²) in [5.74, 6) is 0.714. The average Bonchev–Trinajstić information content (AvgIpc) is 3.14. The molecule has 1 aliphatic carbocycles. The number of aromatic nitrogens is 4. The van der Waals surface area contributed by atoms with Crippen LogP contribution >= 0.6 is 11.3 Å². The molecule has 0 aliphatic heterocycles. The first-order valence-corrected chi connectivity index (χ1v) is 10.7. The highest BCUT2D eigenvalue weighted by molar-refractivity contribution is 7.90. The minimum absolute atomic E-state index is 0.00929. The zero-order valence-electron chi connectivity index (χ0n) is 13.9. The molecule has 4 rings (SSSR count). The number of sulfone groups is 1. The number of rotatable bonds is 4. The first-order valence-electron chi connectivity index (χ1n) is 7.94. The van der Waals surface area contributed by atoms with Gasteiger partial charge in [0.2, 0.25) is 0 Å². The van der Waals surface area contributed by atoms with Gasteiger partial charge in [0.15, 0.2) is 26.5 Å². The van der Waals surface area contributed by atoms with Gasteiger partial charge in [0.25, 0.3) is 0 Å². The van der Waals surface area contributed by atoms with Crippen molar-refractivity contribution in [3.8, 4) is 17.2 Å². The summed E-state index contributed by atoms with van der Waals surface area (Å²) in [7, 11) is -3.58. The molecule has 1 aromatic carbocycles. The van der Waals surface area contributed by atoms with Crippen LogP contribution in [0.1, 0.15) is 29.6 Å². The molecule has 0 N–H and O–H groups in total. The van der Waals surface area contributed by atoms with Gasteiger partial charge >= 0.3 is 6.18 Å². The largest absolute Gasteiger partial charge is 0.443 e. The van der Waals surface area contributed by atoms with Crippen molar-refractivity contribution < 1.29 is 21.6 Å². The summed E-state index contributed by atoms with van der Waals surface area (Å²) in [6.45, 7) is 0. The molecule has 11 heteroatoms. The van der Waals surface area contributed by atoms with Crippen molar-refractivity contribution in [1.82, 2.24) is 19.7 Å². The zero-order chi connectivity index (χ0) is 19.4. The maximum atomic E-state index is 12.9. The van der Waals surface area contributed by atoms with E-state index in [9.17, 15) is 21.6 Å². The lowest BCUT2D eigenvalue weighted by Gasteiger charge is -2.09. The molecule has 0 radical (unpaired) electrons. The van der Waals surface area contributed by atoms with Gasteiger partial charge in [-0.2, -0.15) is 18.3 Å². The van der Waals surface area contributed by atoms with Crippen molar-refractivity contribution in [1.29, 1.82) is 0 Å². The topological polar surface area (TPSA) is 77.7 Å². The lowest BCUT2D eigenvalue weighted by molar-refractivity contribution is -0.137. The maximum absolute atomic E-state index is 12.9. The molecule has 142 valence electrons. The minimum Gasteiger partial charge on any atom is -0.229 e. The fourth-order valence-electron chi connectivity index (χ4n) is 2.63. The van der Waals surface area contributed by atoms with Gasteiger partial charge < -0.3 is 0 Å². The first-order chi connectivity index (χ1) is 12.6. The van der Waals surface area contributed by atoms with Crippen LogP contribution in [0.2, 0.25) is 0 Å². The van der Waals surface area contributed by atoms with Gasteiger partial charge in [-0.25, -0.2) is 23.1 Å². The molecule has 1 aliphatic rings. The minimum atomic E-state index is -4.56. The fraction of sp³-hybridized carbons (Fsp3) is 0.312. The highest BCUT2D eigenvalue weighted by Crippen LogP contribution is 2.40. The maximum Gasteiger partial charge on any atom is 0.443 e. The molecule has 1 saturated carbocycles. The summed E-state index contributed by atoms with van der Waals surface area (Å²) in [5, 5.41) is 4.65. The summed E-state index contributed by atoms with van der Waals surface area (Å²) in [4.78, 5) is 8.03. The Bertz CT molecular complexity index is 1110. The Morgan fingerprint density at radius 2 is 1.89 bits per heavy atom. The standard InChI is InChI=1S/C16H13F3N4O2S2/c1-27(24,25)12-5-3-2-4-11(12)23-14(21-13(22-23)9-6-7-9)10-8-26-15(20-10)16(17,18)19/h2-5,8-9H,6-7H2,1H3. The summed E-state index contributed by atoms with van der Waals surface area (Å²) in [6, 6.07) is 6.18. The van der Waals surface area contributed by atoms with E-state index in [1.54, 1.807) is 18.2 Å². The van der Waals surface area contributed by atoms with E-state index in [1.807, 2.05) is 0 Å². The molecule has 0 spiro atoms. The lowest BCUT2D eigenvalue weighted by Crippen LogP contribution is -2.08. The van der Waals surface area contributed by atoms with Gasteiger partial charge in [-0.1, -0.05) is 12.1 Å². The smallest absolute Gasteiger partial charge is 0.229 e. The molecular weight excluding hydrogens is 401 g/mol. The van der Waals surface area contributed by atoms with Crippen molar-refractivity contribution >= 4 is 21.2 Å². The van der Waals surface area contributed by atoms with Crippen molar-refractivity contribution in [2.24, 2.45) is 0 Å². The Hall–Kier alpha value is -2.27. The number of thiazole rings is 1. The molecular formula is C16H13F3N4O2S2. The van der Waals surface area contributed by atoms with E-state index in [1.165, 1.54) is 16.1 Å². The molecule has 0 amide bonds. The summed E-state index contributed by atoms with van der Waals surface area (Å²) in [5.41, 5.74) is 0.242. The SMILES string of the molecule is CS(=O)(=O)c1ccccc1-n1nc(C2CC2)nc1-c1csc(C(F)(F)F)n1. The predicted molar refractivity (Wildman–Crippen MR) is 92.6 cm³/mol. The van der Waals surface area contributed by atoms with E-state index in [4.69, 9.17) is 0 Å². The Morgan fingerprint density at radius 1 is 1.19 bits per heavy atom. The Kier molecular flexibility index (Phi) is 4.11. The van der Waals surface area contributed by atoms with E-state index < -0.39 is 21.0 Å². The van der Waals surface area contributed by atoms with Gasteiger partial charge in [0.05, 0.1) is 10.6 Å². The van der Waals surface area contributed by atoms with Crippen LogP contribution in [0.5, 0.6) is 0 Å². The predicted octanol–water partition coefficient (Wildman–Crippen LogP) is 3.69.